The zero-order valence-corrected chi connectivity index (χ0v) is 15.6. The van der Waals surface area contributed by atoms with Gasteiger partial charge < -0.3 is 4.74 Å². The van der Waals surface area contributed by atoms with Crippen LogP contribution in [0, 0.1) is 17.2 Å². The molecule has 0 N–H and O–H groups in total. The van der Waals surface area contributed by atoms with Gasteiger partial charge >= 0.3 is 0 Å². The SMILES string of the molecule is COc1cccc(C(=O)C2CC3CCC(C2)N3Cc2ccccc2)c1C#N. The van der Waals surface area contributed by atoms with E-state index in [9.17, 15) is 10.1 Å². The molecule has 2 saturated heterocycles. The zero-order chi connectivity index (χ0) is 18.8. The molecule has 2 bridgehead atoms. The number of carbonyl (C=O) groups excluding carboxylic acids is 1. The molecule has 2 heterocycles. The van der Waals surface area contributed by atoms with E-state index in [1.54, 1.807) is 18.2 Å². The lowest BCUT2D eigenvalue weighted by Crippen LogP contribution is -2.44. The molecular weight excluding hydrogens is 336 g/mol. The number of piperidine rings is 1. The Hall–Kier alpha value is -2.64. The summed E-state index contributed by atoms with van der Waals surface area (Å²) in [6, 6.07) is 18.9. The van der Waals surface area contributed by atoms with Crippen LogP contribution in [0.25, 0.3) is 0 Å². The number of benzene rings is 2. The van der Waals surface area contributed by atoms with Gasteiger partial charge in [-0.05, 0) is 43.4 Å². The maximum atomic E-state index is 13.2. The van der Waals surface area contributed by atoms with E-state index >= 15 is 0 Å². The molecule has 2 aromatic carbocycles. The smallest absolute Gasteiger partial charge is 0.167 e. The molecule has 0 saturated carbocycles. The second kappa shape index (κ2) is 7.54. The van der Waals surface area contributed by atoms with Crippen molar-refractivity contribution in [1.82, 2.24) is 4.90 Å². The number of methoxy groups -OCH3 is 1. The van der Waals surface area contributed by atoms with E-state index in [0.29, 0.717) is 29.0 Å². The summed E-state index contributed by atoms with van der Waals surface area (Å²) in [4.78, 5) is 15.8. The number of rotatable bonds is 5. The Morgan fingerprint density at radius 3 is 2.44 bits per heavy atom. The molecule has 2 fully saturated rings. The summed E-state index contributed by atoms with van der Waals surface area (Å²) in [5.74, 6) is 0.572. The standard InChI is InChI=1S/C23H24N2O2/c1-27-22-9-5-8-20(21(22)14-24)23(26)17-12-18-10-11-19(13-17)25(18)15-16-6-3-2-4-7-16/h2-9,17-19H,10-13,15H2,1H3. The Kier molecular flexibility index (Phi) is 4.96. The van der Waals surface area contributed by atoms with Gasteiger partial charge in [-0.2, -0.15) is 5.26 Å². The number of nitrogens with zero attached hydrogens (tertiary/aromatic N) is 2. The Bertz CT molecular complexity index is 858. The number of Topliss-reactive ketones (excluding diaryl/α,β-unsaturated/α-hetero) is 1. The topological polar surface area (TPSA) is 53.3 Å². The van der Waals surface area contributed by atoms with Crippen LogP contribution >= 0.6 is 0 Å². The van der Waals surface area contributed by atoms with E-state index in [1.807, 2.05) is 6.07 Å². The molecular formula is C23H24N2O2. The van der Waals surface area contributed by atoms with E-state index in [0.717, 1.165) is 32.2 Å². The number of ketones is 1. The van der Waals surface area contributed by atoms with Gasteiger partial charge in [0.1, 0.15) is 17.4 Å². The highest BCUT2D eigenvalue weighted by Crippen LogP contribution is 2.41. The van der Waals surface area contributed by atoms with E-state index < -0.39 is 0 Å². The molecule has 0 radical (unpaired) electrons. The maximum absolute atomic E-state index is 13.2. The Morgan fingerprint density at radius 2 is 1.81 bits per heavy atom. The Balaban J connectivity index is 1.52. The zero-order valence-electron chi connectivity index (χ0n) is 15.6. The predicted octanol–water partition coefficient (Wildman–Crippen LogP) is 4.19. The molecule has 0 aliphatic carbocycles. The third-order valence-electron chi connectivity index (χ3n) is 6.09. The molecule has 2 aromatic rings. The van der Waals surface area contributed by atoms with Crippen molar-refractivity contribution in [3.05, 3.63) is 65.2 Å². The number of hydrogen-bond acceptors (Lipinski definition) is 4. The molecule has 0 spiro atoms. The highest BCUT2D eigenvalue weighted by molar-refractivity contribution is 6.00. The van der Waals surface area contributed by atoms with Crippen molar-refractivity contribution in [3.63, 3.8) is 0 Å². The second-order valence-corrected chi connectivity index (χ2v) is 7.57. The highest BCUT2D eigenvalue weighted by atomic mass is 16.5. The third-order valence-corrected chi connectivity index (χ3v) is 6.09. The van der Waals surface area contributed by atoms with Gasteiger partial charge in [-0.3, -0.25) is 9.69 Å². The van der Waals surface area contributed by atoms with E-state index in [-0.39, 0.29) is 11.7 Å². The van der Waals surface area contributed by atoms with Crippen molar-refractivity contribution in [2.75, 3.05) is 7.11 Å². The van der Waals surface area contributed by atoms with Crippen molar-refractivity contribution < 1.29 is 9.53 Å². The van der Waals surface area contributed by atoms with Crippen LogP contribution in [0.4, 0.5) is 0 Å². The van der Waals surface area contributed by atoms with Gasteiger partial charge in [-0.25, -0.2) is 0 Å². The quantitative estimate of drug-likeness (QED) is 0.750. The summed E-state index contributed by atoms with van der Waals surface area (Å²) in [5, 5.41) is 9.51. The van der Waals surface area contributed by atoms with Crippen LogP contribution in [0.3, 0.4) is 0 Å². The Morgan fingerprint density at radius 1 is 1.11 bits per heavy atom. The number of nitriles is 1. The van der Waals surface area contributed by atoms with Crippen molar-refractivity contribution in [2.45, 2.75) is 44.3 Å². The molecule has 2 aliphatic heterocycles. The lowest BCUT2D eigenvalue weighted by molar-refractivity contribution is 0.0677. The molecule has 4 nitrogen and oxygen atoms in total. The van der Waals surface area contributed by atoms with Crippen molar-refractivity contribution in [1.29, 1.82) is 5.26 Å². The first-order chi connectivity index (χ1) is 13.2. The first-order valence-corrected chi connectivity index (χ1v) is 9.62. The average Bonchev–Trinajstić information content (AvgIpc) is 2.94. The monoisotopic (exact) mass is 360 g/mol. The summed E-state index contributed by atoms with van der Waals surface area (Å²) in [6.07, 6.45) is 4.07. The Labute approximate surface area is 160 Å². The van der Waals surface area contributed by atoms with Gasteiger partial charge in [0, 0.05) is 30.1 Å². The van der Waals surface area contributed by atoms with Gasteiger partial charge in [0.15, 0.2) is 5.78 Å². The van der Waals surface area contributed by atoms with Crippen LogP contribution in [0.5, 0.6) is 5.75 Å². The fourth-order valence-electron chi connectivity index (χ4n) is 4.78. The summed E-state index contributed by atoms with van der Waals surface area (Å²) in [6.45, 7) is 0.958. The van der Waals surface area contributed by atoms with Crippen LogP contribution in [0.1, 0.15) is 47.2 Å². The number of ether oxygens (including phenoxy) is 1. The van der Waals surface area contributed by atoms with Crippen LogP contribution in [-0.2, 0) is 6.54 Å². The normalized spacial score (nSPS) is 24.4. The molecule has 4 heteroatoms. The molecule has 4 rings (SSSR count). The van der Waals surface area contributed by atoms with Gasteiger partial charge in [0.2, 0.25) is 0 Å². The summed E-state index contributed by atoms with van der Waals surface area (Å²) in [5.41, 5.74) is 2.21. The van der Waals surface area contributed by atoms with Crippen LogP contribution in [-0.4, -0.2) is 29.9 Å². The van der Waals surface area contributed by atoms with Gasteiger partial charge in [-0.15, -0.1) is 0 Å². The fourth-order valence-corrected chi connectivity index (χ4v) is 4.78. The minimum Gasteiger partial charge on any atom is -0.495 e. The molecule has 138 valence electrons. The first-order valence-electron chi connectivity index (χ1n) is 9.62. The first kappa shape index (κ1) is 17.8. The fraction of sp³-hybridized carbons (Fsp3) is 0.391. The predicted molar refractivity (Wildman–Crippen MR) is 104 cm³/mol. The summed E-state index contributed by atoms with van der Waals surface area (Å²) < 4.78 is 5.27. The lowest BCUT2D eigenvalue weighted by Gasteiger charge is -2.38. The second-order valence-electron chi connectivity index (χ2n) is 7.57. The molecule has 27 heavy (non-hydrogen) atoms. The summed E-state index contributed by atoms with van der Waals surface area (Å²) in [7, 11) is 1.53. The molecule has 0 amide bonds. The molecule has 2 aliphatic rings. The van der Waals surface area contributed by atoms with Crippen LogP contribution in [0.2, 0.25) is 0 Å². The van der Waals surface area contributed by atoms with Crippen LogP contribution < -0.4 is 4.74 Å². The lowest BCUT2D eigenvalue weighted by atomic mass is 9.83. The average molecular weight is 360 g/mol. The minimum atomic E-state index is -0.00581. The van der Waals surface area contributed by atoms with E-state index in [4.69, 9.17) is 4.74 Å². The van der Waals surface area contributed by atoms with Crippen molar-refractivity contribution >= 4 is 5.78 Å². The number of fused-ring (bicyclic) bond motifs is 2. The van der Waals surface area contributed by atoms with Gasteiger partial charge in [0.05, 0.1) is 7.11 Å². The van der Waals surface area contributed by atoms with Crippen molar-refractivity contribution in [2.24, 2.45) is 5.92 Å². The van der Waals surface area contributed by atoms with Crippen molar-refractivity contribution in [3.8, 4) is 11.8 Å². The largest absolute Gasteiger partial charge is 0.495 e. The number of carbonyl (C=O) groups is 1. The third kappa shape index (κ3) is 3.36. The van der Waals surface area contributed by atoms with E-state index in [1.165, 1.54) is 12.7 Å². The number of hydrogen-bond donors (Lipinski definition) is 0. The summed E-state index contributed by atoms with van der Waals surface area (Å²) >= 11 is 0. The minimum absolute atomic E-state index is 0.00581. The molecule has 2 unspecified atom stereocenters. The van der Waals surface area contributed by atoms with Gasteiger partial charge in [0.25, 0.3) is 0 Å². The van der Waals surface area contributed by atoms with Gasteiger partial charge in [-0.1, -0.05) is 36.4 Å². The van der Waals surface area contributed by atoms with Crippen LogP contribution in [0.15, 0.2) is 48.5 Å². The molecule has 2 atom stereocenters. The molecule has 0 aromatic heterocycles. The maximum Gasteiger partial charge on any atom is 0.167 e. The van der Waals surface area contributed by atoms with E-state index in [2.05, 4.69) is 35.2 Å². The highest BCUT2D eigenvalue weighted by Gasteiger charge is 2.43.